The zero-order valence-corrected chi connectivity index (χ0v) is 13.2. The van der Waals surface area contributed by atoms with Crippen molar-refractivity contribution < 1.29 is 9.47 Å². The van der Waals surface area contributed by atoms with E-state index < -0.39 is 0 Å². The third kappa shape index (κ3) is 3.19. The van der Waals surface area contributed by atoms with Crippen LogP contribution in [0.1, 0.15) is 31.2 Å². The van der Waals surface area contributed by atoms with Gasteiger partial charge in [-0.05, 0) is 55.2 Å². The summed E-state index contributed by atoms with van der Waals surface area (Å²) in [5.74, 6) is 1.55. The monoisotopic (exact) mass is 302 g/mol. The molecule has 22 heavy (non-hydrogen) atoms. The highest BCUT2D eigenvalue weighted by molar-refractivity contribution is 5.13. The van der Waals surface area contributed by atoms with Crippen LogP contribution in [0.15, 0.2) is 24.5 Å². The molecule has 0 radical (unpaired) electrons. The molecule has 1 aromatic rings. The lowest BCUT2D eigenvalue weighted by Crippen LogP contribution is -2.64. The maximum absolute atomic E-state index is 6.14. The molecule has 1 spiro atoms. The van der Waals surface area contributed by atoms with Gasteiger partial charge in [0.15, 0.2) is 0 Å². The molecule has 1 unspecified atom stereocenters. The molecular formula is C18H26N2O2. The van der Waals surface area contributed by atoms with Gasteiger partial charge in [0.05, 0.1) is 5.60 Å². The minimum absolute atomic E-state index is 0.121. The lowest BCUT2D eigenvalue weighted by Gasteiger charge is -2.50. The van der Waals surface area contributed by atoms with Crippen LogP contribution in [-0.4, -0.2) is 48.4 Å². The minimum Gasteiger partial charge on any atom is -0.381 e. The maximum Gasteiger partial charge on any atom is 0.0964 e. The molecule has 3 fully saturated rings. The van der Waals surface area contributed by atoms with Crippen molar-refractivity contribution in [2.24, 2.45) is 11.8 Å². The Morgan fingerprint density at radius 2 is 2.05 bits per heavy atom. The van der Waals surface area contributed by atoms with Crippen molar-refractivity contribution in [1.29, 1.82) is 0 Å². The molecule has 3 heterocycles. The predicted octanol–water partition coefficient (Wildman–Crippen LogP) is 2.49. The fraction of sp³-hybridized carbons (Fsp3) is 0.722. The average molecular weight is 302 g/mol. The third-order valence-corrected chi connectivity index (χ3v) is 5.40. The van der Waals surface area contributed by atoms with E-state index in [1.165, 1.54) is 24.8 Å². The number of likely N-dealkylation sites (tertiary alicyclic amines) is 1. The van der Waals surface area contributed by atoms with Crippen LogP contribution in [0.4, 0.5) is 0 Å². The van der Waals surface area contributed by atoms with Gasteiger partial charge in [0.2, 0.25) is 0 Å². The van der Waals surface area contributed by atoms with E-state index in [0.29, 0.717) is 5.92 Å². The van der Waals surface area contributed by atoms with E-state index in [2.05, 4.69) is 22.0 Å². The molecule has 4 rings (SSSR count). The number of ether oxygens (including phenoxy) is 2. The van der Waals surface area contributed by atoms with Crippen molar-refractivity contribution in [2.45, 2.75) is 37.8 Å². The topological polar surface area (TPSA) is 34.6 Å². The highest BCUT2D eigenvalue weighted by atomic mass is 16.5. The molecule has 1 aromatic heterocycles. The smallest absolute Gasteiger partial charge is 0.0964 e. The van der Waals surface area contributed by atoms with Gasteiger partial charge in [-0.15, -0.1) is 0 Å². The Labute approximate surface area is 132 Å². The zero-order valence-electron chi connectivity index (χ0n) is 13.2. The summed E-state index contributed by atoms with van der Waals surface area (Å²) < 4.78 is 12.0. The van der Waals surface area contributed by atoms with Crippen molar-refractivity contribution in [3.05, 3.63) is 30.1 Å². The summed E-state index contributed by atoms with van der Waals surface area (Å²) in [4.78, 5) is 6.57. The number of hydrogen-bond donors (Lipinski definition) is 0. The largest absolute Gasteiger partial charge is 0.381 e. The molecule has 1 saturated carbocycles. The maximum atomic E-state index is 6.14. The van der Waals surface area contributed by atoms with E-state index in [1.54, 1.807) is 0 Å². The van der Waals surface area contributed by atoms with Gasteiger partial charge in [-0.25, -0.2) is 0 Å². The van der Waals surface area contributed by atoms with Gasteiger partial charge in [0.25, 0.3) is 0 Å². The number of pyridine rings is 1. The second kappa shape index (κ2) is 6.26. The van der Waals surface area contributed by atoms with Gasteiger partial charge in [0.1, 0.15) is 0 Å². The highest BCUT2D eigenvalue weighted by Crippen LogP contribution is 2.42. The van der Waals surface area contributed by atoms with E-state index in [4.69, 9.17) is 9.47 Å². The SMILES string of the molecule is c1cc(CN2CC3(C2)OCCC3CCOCC2CC2)ccn1. The fourth-order valence-corrected chi connectivity index (χ4v) is 3.87. The number of nitrogens with zero attached hydrogens (tertiary/aromatic N) is 2. The van der Waals surface area contributed by atoms with E-state index in [0.717, 1.165) is 51.8 Å². The normalized spacial score (nSPS) is 27.2. The Kier molecular flexibility index (Phi) is 4.16. The summed E-state index contributed by atoms with van der Waals surface area (Å²) in [6.07, 6.45) is 8.86. The van der Waals surface area contributed by atoms with Crippen LogP contribution in [-0.2, 0) is 16.0 Å². The van der Waals surface area contributed by atoms with Crippen molar-refractivity contribution in [3.8, 4) is 0 Å². The van der Waals surface area contributed by atoms with Crippen LogP contribution in [0, 0.1) is 11.8 Å². The third-order valence-electron chi connectivity index (χ3n) is 5.40. The summed E-state index contributed by atoms with van der Waals surface area (Å²) >= 11 is 0. The van der Waals surface area contributed by atoms with Gasteiger partial charge >= 0.3 is 0 Å². The van der Waals surface area contributed by atoms with Gasteiger partial charge in [0, 0.05) is 51.8 Å². The zero-order chi connectivity index (χ0) is 14.8. The molecule has 0 bridgehead atoms. The first-order valence-electron chi connectivity index (χ1n) is 8.67. The molecule has 4 nitrogen and oxygen atoms in total. The molecule has 2 aliphatic heterocycles. The van der Waals surface area contributed by atoms with Crippen LogP contribution < -0.4 is 0 Å². The lowest BCUT2D eigenvalue weighted by atomic mass is 9.79. The van der Waals surface area contributed by atoms with E-state index in [-0.39, 0.29) is 5.60 Å². The van der Waals surface area contributed by atoms with Crippen molar-refractivity contribution in [3.63, 3.8) is 0 Å². The first kappa shape index (κ1) is 14.6. The van der Waals surface area contributed by atoms with E-state index in [1.807, 2.05) is 12.4 Å². The molecule has 120 valence electrons. The highest BCUT2D eigenvalue weighted by Gasteiger charge is 2.52. The molecule has 1 atom stereocenters. The summed E-state index contributed by atoms with van der Waals surface area (Å²) in [7, 11) is 0. The summed E-state index contributed by atoms with van der Waals surface area (Å²) in [6.45, 7) is 5.98. The second-order valence-corrected chi connectivity index (χ2v) is 7.21. The van der Waals surface area contributed by atoms with Crippen LogP contribution in [0.25, 0.3) is 0 Å². The van der Waals surface area contributed by atoms with Crippen molar-refractivity contribution in [1.82, 2.24) is 9.88 Å². The number of aromatic nitrogens is 1. The van der Waals surface area contributed by atoms with Crippen LogP contribution in [0.3, 0.4) is 0 Å². The first-order valence-corrected chi connectivity index (χ1v) is 8.67. The minimum atomic E-state index is 0.121. The van der Waals surface area contributed by atoms with Crippen LogP contribution >= 0.6 is 0 Å². The Balaban J connectivity index is 1.23. The molecular weight excluding hydrogens is 276 g/mol. The molecule has 2 saturated heterocycles. The molecule has 1 aliphatic carbocycles. The molecule has 0 aromatic carbocycles. The predicted molar refractivity (Wildman–Crippen MR) is 84.5 cm³/mol. The standard InChI is InChI=1S/C18H26N2O2/c1-2-16(1)12-21-9-5-17-6-10-22-18(17)13-20(14-18)11-15-3-7-19-8-4-15/h3-4,7-8,16-17H,1-2,5-6,9-14H2. The van der Waals surface area contributed by atoms with E-state index >= 15 is 0 Å². The molecule has 4 heteroatoms. The van der Waals surface area contributed by atoms with Crippen LogP contribution in [0.5, 0.6) is 0 Å². The fourth-order valence-electron chi connectivity index (χ4n) is 3.87. The first-order chi connectivity index (χ1) is 10.8. The quantitative estimate of drug-likeness (QED) is 0.725. The number of rotatable bonds is 7. The Hall–Kier alpha value is -0.970. The van der Waals surface area contributed by atoms with Gasteiger partial charge in [-0.1, -0.05) is 0 Å². The lowest BCUT2D eigenvalue weighted by molar-refractivity contribution is -0.139. The summed E-state index contributed by atoms with van der Waals surface area (Å²) in [5.41, 5.74) is 1.46. The Morgan fingerprint density at radius 3 is 2.82 bits per heavy atom. The van der Waals surface area contributed by atoms with Crippen molar-refractivity contribution >= 4 is 0 Å². The average Bonchev–Trinajstić information content (AvgIpc) is 3.24. The Bertz CT molecular complexity index is 483. The van der Waals surface area contributed by atoms with Crippen molar-refractivity contribution in [2.75, 3.05) is 32.9 Å². The van der Waals surface area contributed by atoms with Gasteiger partial charge < -0.3 is 9.47 Å². The second-order valence-electron chi connectivity index (χ2n) is 7.21. The van der Waals surface area contributed by atoms with E-state index in [9.17, 15) is 0 Å². The van der Waals surface area contributed by atoms with Crippen LogP contribution in [0.2, 0.25) is 0 Å². The molecule has 3 aliphatic rings. The number of hydrogen-bond acceptors (Lipinski definition) is 4. The molecule has 0 amide bonds. The Morgan fingerprint density at radius 1 is 1.23 bits per heavy atom. The summed E-state index contributed by atoms with van der Waals surface area (Å²) in [6, 6.07) is 4.20. The van der Waals surface area contributed by atoms with Gasteiger partial charge in [-0.3, -0.25) is 9.88 Å². The summed E-state index contributed by atoms with van der Waals surface area (Å²) in [5, 5.41) is 0. The van der Waals surface area contributed by atoms with Gasteiger partial charge in [-0.2, -0.15) is 0 Å². The molecule has 0 N–H and O–H groups in total.